The van der Waals surface area contributed by atoms with Gasteiger partial charge in [-0.25, -0.2) is 0 Å². The van der Waals surface area contributed by atoms with Gasteiger partial charge in [-0.2, -0.15) is 0 Å². The number of carbonyl (C=O) groups excluding carboxylic acids is 1. The number of nitrogens with two attached hydrogens (primary N) is 1. The molecule has 1 amide bonds. The minimum absolute atomic E-state index is 0.251. The van der Waals surface area contributed by atoms with Gasteiger partial charge >= 0.3 is 0 Å². The standard InChI is InChI=1S/C14H27N3O/c1-2-4-12-10-16-7-8-17(12)14(18)9-11-5-3-6-13(11)15/h11-13,16H,2-10,15H2,1H3/t11-,12?,13+/m0/s1. The van der Waals surface area contributed by atoms with Gasteiger partial charge in [-0.05, 0) is 25.2 Å². The normalized spacial score (nSPS) is 32.8. The van der Waals surface area contributed by atoms with Gasteiger partial charge in [-0.1, -0.05) is 19.8 Å². The van der Waals surface area contributed by atoms with E-state index in [1.165, 1.54) is 6.42 Å². The second kappa shape index (κ2) is 6.53. The summed E-state index contributed by atoms with van der Waals surface area (Å²) in [6, 6.07) is 0.648. The van der Waals surface area contributed by atoms with Crippen LogP contribution in [0.3, 0.4) is 0 Å². The van der Waals surface area contributed by atoms with E-state index in [2.05, 4.69) is 17.1 Å². The van der Waals surface area contributed by atoms with Gasteiger partial charge in [0.1, 0.15) is 0 Å². The second-order valence-electron chi connectivity index (χ2n) is 5.79. The summed E-state index contributed by atoms with van der Waals surface area (Å²) in [5.41, 5.74) is 6.07. The maximum atomic E-state index is 12.4. The van der Waals surface area contributed by atoms with Crippen LogP contribution in [0.5, 0.6) is 0 Å². The van der Waals surface area contributed by atoms with Crippen LogP contribution >= 0.6 is 0 Å². The molecule has 1 saturated carbocycles. The number of hydrogen-bond donors (Lipinski definition) is 2. The van der Waals surface area contributed by atoms with Gasteiger partial charge in [0.15, 0.2) is 0 Å². The molecule has 1 aliphatic heterocycles. The van der Waals surface area contributed by atoms with E-state index in [0.717, 1.165) is 45.3 Å². The van der Waals surface area contributed by atoms with Gasteiger partial charge in [0.05, 0.1) is 0 Å². The summed E-state index contributed by atoms with van der Waals surface area (Å²) in [4.78, 5) is 14.5. The molecule has 0 radical (unpaired) electrons. The zero-order chi connectivity index (χ0) is 13.0. The zero-order valence-corrected chi connectivity index (χ0v) is 11.5. The molecule has 4 nitrogen and oxygen atoms in total. The van der Waals surface area contributed by atoms with Crippen molar-refractivity contribution in [3.8, 4) is 0 Å². The van der Waals surface area contributed by atoms with Crippen molar-refractivity contribution in [2.24, 2.45) is 11.7 Å². The molecule has 0 spiro atoms. The molecule has 1 heterocycles. The van der Waals surface area contributed by atoms with Crippen molar-refractivity contribution < 1.29 is 4.79 Å². The molecular formula is C14H27N3O. The maximum Gasteiger partial charge on any atom is 0.223 e. The summed E-state index contributed by atoms with van der Waals surface area (Å²) >= 11 is 0. The molecule has 1 aliphatic carbocycles. The van der Waals surface area contributed by atoms with Gasteiger partial charge < -0.3 is 16.0 Å². The van der Waals surface area contributed by atoms with Crippen LogP contribution in [0.25, 0.3) is 0 Å². The molecule has 0 aromatic carbocycles. The number of hydrogen-bond acceptors (Lipinski definition) is 3. The van der Waals surface area contributed by atoms with E-state index in [4.69, 9.17) is 5.73 Å². The highest BCUT2D eigenvalue weighted by atomic mass is 16.2. The molecule has 2 aliphatic rings. The number of rotatable bonds is 4. The molecule has 18 heavy (non-hydrogen) atoms. The maximum absolute atomic E-state index is 12.4. The van der Waals surface area contributed by atoms with Crippen LogP contribution < -0.4 is 11.1 Å². The van der Waals surface area contributed by atoms with Crippen LogP contribution in [0.2, 0.25) is 0 Å². The first-order valence-corrected chi connectivity index (χ1v) is 7.48. The lowest BCUT2D eigenvalue weighted by Crippen LogP contribution is -2.54. The molecular weight excluding hydrogens is 226 g/mol. The van der Waals surface area contributed by atoms with Crippen molar-refractivity contribution in [2.75, 3.05) is 19.6 Å². The van der Waals surface area contributed by atoms with Crippen LogP contribution in [0.15, 0.2) is 0 Å². The minimum Gasteiger partial charge on any atom is -0.337 e. The van der Waals surface area contributed by atoms with Crippen molar-refractivity contribution in [1.82, 2.24) is 10.2 Å². The Morgan fingerprint density at radius 1 is 1.44 bits per heavy atom. The summed E-state index contributed by atoms with van der Waals surface area (Å²) in [5.74, 6) is 0.756. The van der Waals surface area contributed by atoms with E-state index in [0.29, 0.717) is 24.3 Å². The molecule has 104 valence electrons. The highest BCUT2D eigenvalue weighted by Crippen LogP contribution is 2.28. The first-order valence-electron chi connectivity index (χ1n) is 7.48. The van der Waals surface area contributed by atoms with E-state index >= 15 is 0 Å². The predicted octanol–water partition coefficient (Wildman–Crippen LogP) is 1.10. The van der Waals surface area contributed by atoms with E-state index in [1.54, 1.807) is 0 Å². The first-order chi connectivity index (χ1) is 8.72. The van der Waals surface area contributed by atoms with E-state index < -0.39 is 0 Å². The van der Waals surface area contributed by atoms with E-state index in [1.807, 2.05) is 0 Å². The third-order valence-electron chi connectivity index (χ3n) is 4.45. The van der Waals surface area contributed by atoms with E-state index in [9.17, 15) is 4.79 Å². The molecule has 0 bridgehead atoms. The van der Waals surface area contributed by atoms with Crippen molar-refractivity contribution >= 4 is 5.91 Å². The molecule has 1 unspecified atom stereocenters. The largest absolute Gasteiger partial charge is 0.337 e. The fourth-order valence-corrected chi connectivity index (χ4v) is 3.34. The smallest absolute Gasteiger partial charge is 0.223 e. The molecule has 3 atom stereocenters. The lowest BCUT2D eigenvalue weighted by molar-refractivity contribution is -0.135. The molecule has 0 aromatic rings. The van der Waals surface area contributed by atoms with Crippen molar-refractivity contribution in [3.63, 3.8) is 0 Å². The van der Waals surface area contributed by atoms with Gasteiger partial charge in [0.2, 0.25) is 5.91 Å². The molecule has 4 heteroatoms. The van der Waals surface area contributed by atoms with Gasteiger partial charge in [0, 0.05) is 38.1 Å². The summed E-state index contributed by atoms with van der Waals surface area (Å²) in [7, 11) is 0. The third-order valence-corrected chi connectivity index (χ3v) is 4.45. The highest BCUT2D eigenvalue weighted by Gasteiger charge is 2.31. The summed E-state index contributed by atoms with van der Waals surface area (Å²) < 4.78 is 0. The lowest BCUT2D eigenvalue weighted by atomic mass is 9.98. The number of amides is 1. The molecule has 1 saturated heterocycles. The topological polar surface area (TPSA) is 58.4 Å². The first kappa shape index (κ1) is 13.8. The SMILES string of the molecule is CCCC1CNCCN1C(=O)C[C@@H]1CCC[C@H]1N. The Hall–Kier alpha value is -0.610. The van der Waals surface area contributed by atoms with Crippen LogP contribution in [0.4, 0.5) is 0 Å². The number of nitrogens with one attached hydrogen (secondary N) is 1. The Balaban J connectivity index is 1.89. The number of nitrogens with zero attached hydrogens (tertiary/aromatic N) is 1. The lowest BCUT2D eigenvalue weighted by Gasteiger charge is -2.37. The fourth-order valence-electron chi connectivity index (χ4n) is 3.34. The van der Waals surface area contributed by atoms with Crippen LogP contribution in [-0.4, -0.2) is 42.5 Å². The van der Waals surface area contributed by atoms with Crippen molar-refractivity contribution in [2.45, 2.75) is 57.5 Å². The van der Waals surface area contributed by atoms with Crippen molar-refractivity contribution in [1.29, 1.82) is 0 Å². The summed E-state index contributed by atoms with van der Waals surface area (Å²) in [5, 5.41) is 3.39. The Morgan fingerprint density at radius 2 is 2.28 bits per heavy atom. The Kier molecular flexibility index (Phi) is 5.01. The van der Waals surface area contributed by atoms with Crippen LogP contribution in [-0.2, 0) is 4.79 Å². The summed E-state index contributed by atoms with van der Waals surface area (Å²) in [6.07, 6.45) is 6.34. The molecule has 2 rings (SSSR count). The Labute approximate surface area is 110 Å². The van der Waals surface area contributed by atoms with Crippen LogP contribution in [0.1, 0.15) is 45.4 Å². The van der Waals surface area contributed by atoms with Crippen LogP contribution in [0, 0.1) is 5.92 Å². The fraction of sp³-hybridized carbons (Fsp3) is 0.929. The predicted molar refractivity (Wildman–Crippen MR) is 73.2 cm³/mol. The van der Waals surface area contributed by atoms with Crippen molar-refractivity contribution in [3.05, 3.63) is 0 Å². The minimum atomic E-state index is 0.251. The molecule has 3 N–H and O–H groups in total. The van der Waals surface area contributed by atoms with Gasteiger partial charge in [-0.3, -0.25) is 4.79 Å². The number of piperazine rings is 1. The van der Waals surface area contributed by atoms with Gasteiger partial charge in [-0.15, -0.1) is 0 Å². The second-order valence-corrected chi connectivity index (χ2v) is 5.79. The highest BCUT2D eigenvalue weighted by molar-refractivity contribution is 5.77. The third kappa shape index (κ3) is 3.23. The zero-order valence-electron chi connectivity index (χ0n) is 11.5. The van der Waals surface area contributed by atoms with E-state index in [-0.39, 0.29) is 6.04 Å². The Bertz CT molecular complexity index is 280. The monoisotopic (exact) mass is 253 g/mol. The average molecular weight is 253 g/mol. The quantitative estimate of drug-likeness (QED) is 0.789. The molecule has 2 fully saturated rings. The summed E-state index contributed by atoms with van der Waals surface area (Å²) in [6.45, 7) is 4.94. The van der Waals surface area contributed by atoms with Gasteiger partial charge in [0.25, 0.3) is 0 Å². The Morgan fingerprint density at radius 3 is 2.94 bits per heavy atom. The molecule has 0 aromatic heterocycles. The average Bonchev–Trinajstić information content (AvgIpc) is 2.76. The number of carbonyl (C=O) groups is 1.